The Morgan fingerprint density at radius 3 is 1.76 bits per heavy atom. The van der Waals surface area contributed by atoms with E-state index in [1.807, 2.05) is 75.4 Å². The Hall–Kier alpha value is -3.03. The maximum absolute atomic E-state index is 11.7. The summed E-state index contributed by atoms with van der Waals surface area (Å²) >= 11 is 3.30. The highest BCUT2D eigenvalue weighted by Gasteiger charge is 2.16. The van der Waals surface area contributed by atoms with Gasteiger partial charge >= 0.3 is 0 Å². The van der Waals surface area contributed by atoms with E-state index in [4.69, 9.17) is 28.8 Å². The van der Waals surface area contributed by atoms with Crippen LogP contribution in [0.15, 0.2) is 71.6 Å². The number of methoxy groups -OCH3 is 1. The highest BCUT2D eigenvalue weighted by atomic mass is 79.9. The second-order valence-electron chi connectivity index (χ2n) is 8.73. The first-order chi connectivity index (χ1) is 19.7. The van der Waals surface area contributed by atoms with Crippen LogP contribution in [0.25, 0.3) is 0 Å². The van der Waals surface area contributed by atoms with Gasteiger partial charge in [-0.25, -0.2) is 13.6 Å². The maximum atomic E-state index is 11.7. The molecule has 6 N–H and O–H groups in total. The van der Waals surface area contributed by atoms with Crippen LogP contribution in [0.2, 0.25) is 0 Å². The summed E-state index contributed by atoms with van der Waals surface area (Å²) in [5.74, 6) is 3.31. The number of nitrogens with one attached hydrogen (secondary N) is 1. The number of nitrogens with two attached hydrogens (primary N) is 1. The minimum absolute atomic E-state index is 0. The normalized spacial score (nSPS) is 11.3. The summed E-state index contributed by atoms with van der Waals surface area (Å²) in [6.07, 6.45) is 0.641. The van der Waals surface area contributed by atoms with Gasteiger partial charge in [-0.3, -0.25) is 0 Å². The summed E-state index contributed by atoms with van der Waals surface area (Å²) in [4.78, 5) is -0.00411. The van der Waals surface area contributed by atoms with Gasteiger partial charge in [0.2, 0.25) is 10.0 Å². The Balaban J connectivity index is 0.000000529. The zero-order valence-corrected chi connectivity index (χ0v) is 27.2. The van der Waals surface area contributed by atoms with Gasteiger partial charge in [-0.1, -0.05) is 46.3 Å². The summed E-state index contributed by atoms with van der Waals surface area (Å²) in [7, 11) is -2.43. The maximum Gasteiger partial charge on any atom is 0.241 e. The van der Waals surface area contributed by atoms with Crippen LogP contribution in [0.5, 0.6) is 28.7 Å². The number of ether oxygens (including phenoxy) is 5. The van der Waals surface area contributed by atoms with E-state index in [1.54, 1.807) is 12.1 Å². The van der Waals surface area contributed by atoms with Crippen molar-refractivity contribution in [2.24, 2.45) is 5.14 Å². The molecule has 0 radical (unpaired) electrons. The highest BCUT2D eigenvalue weighted by Crippen LogP contribution is 2.27. The van der Waals surface area contributed by atoms with E-state index in [-0.39, 0.29) is 22.8 Å². The molecule has 0 aromatic heterocycles. The topological polar surface area (TPSA) is 153 Å². The largest absolute Gasteiger partial charge is 0.495 e. The third-order valence-corrected chi connectivity index (χ3v) is 6.82. The van der Waals surface area contributed by atoms with Crippen molar-refractivity contribution in [1.82, 2.24) is 11.5 Å². The monoisotopic (exact) mass is 669 g/mol. The van der Waals surface area contributed by atoms with Crippen LogP contribution in [-0.4, -0.2) is 59.9 Å². The lowest BCUT2D eigenvalue weighted by Gasteiger charge is -2.16. The smallest absolute Gasteiger partial charge is 0.241 e. The molecule has 3 aromatic rings. The highest BCUT2D eigenvalue weighted by molar-refractivity contribution is 9.09. The van der Waals surface area contributed by atoms with Gasteiger partial charge in [0, 0.05) is 17.9 Å². The van der Waals surface area contributed by atoms with E-state index >= 15 is 0 Å². The molecule has 3 aromatic carbocycles. The number of rotatable bonds is 16. The quantitative estimate of drug-likeness (QED) is 0.135. The third-order valence-electron chi connectivity index (χ3n) is 5.56. The fraction of sp³-hybridized carbons (Fsp3) is 0.400. The van der Waals surface area contributed by atoms with E-state index in [0.29, 0.717) is 45.1 Å². The molecule has 0 heterocycles. The number of halogens is 1. The van der Waals surface area contributed by atoms with E-state index < -0.39 is 10.0 Å². The molecule has 12 heteroatoms. The van der Waals surface area contributed by atoms with Crippen molar-refractivity contribution in [1.29, 1.82) is 0 Å². The number of alkyl halides is 1. The van der Waals surface area contributed by atoms with Gasteiger partial charge in [0.05, 0.1) is 26.9 Å². The van der Waals surface area contributed by atoms with Gasteiger partial charge in [-0.05, 0) is 69.2 Å². The number of para-hydroxylation sites is 4. The van der Waals surface area contributed by atoms with Gasteiger partial charge < -0.3 is 35.2 Å². The molecule has 0 aliphatic rings. The summed E-state index contributed by atoms with van der Waals surface area (Å²) in [5.41, 5.74) is 0.854. The zero-order valence-electron chi connectivity index (χ0n) is 24.8. The zero-order chi connectivity index (χ0) is 30.1. The molecular weight excluding hydrogens is 626 g/mol. The summed E-state index contributed by atoms with van der Waals surface area (Å²) in [5, 5.41) is 9.46. The predicted octanol–water partition coefficient (Wildman–Crippen LogP) is 5.36. The fourth-order valence-corrected chi connectivity index (χ4v) is 4.71. The second kappa shape index (κ2) is 20.0. The van der Waals surface area contributed by atoms with Gasteiger partial charge in [-0.2, -0.15) is 0 Å². The predicted molar refractivity (Wildman–Crippen MR) is 171 cm³/mol. The summed E-state index contributed by atoms with van der Waals surface area (Å²) in [6.45, 7) is 8.94. The molecular formula is C30H44BrN3O7S. The average Bonchev–Trinajstić information content (AvgIpc) is 2.96. The SMILES string of the molecule is CCOc1ccccc1OCCBr.CCOc1ccccc1OCCN[C@H](C)Cc1ccc(OC)c(S(N)(=O)=O)c1.N. The van der Waals surface area contributed by atoms with Crippen molar-refractivity contribution >= 4 is 26.0 Å². The van der Waals surface area contributed by atoms with Crippen molar-refractivity contribution < 1.29 is 32.1 Å². The third kappa shape index (κ3) is 12.9. The summed E-state index contributed by atoms with van der Waals surface area (Å²) in [6, 6.07) is 20.4. The minimum atomic E-state index is -3.84. The molecule has 10 nitrogen and oxygen atoms in total. The number of hydrogen-bond donors (Lipinski definition) is 3. The van der Waals surface area contributed by atoms with Crippen molar-refractivity contribution in [3.8, 4) is 28.7 Å². The number of hydrogen-bond acceptors (Lipinski definition) is 9. The Morgan fingerprint density at radius 2 is 1.31 bits per heavy atom. The average molecular weight is 671 g/mol. The standard InChI is InChI=1S/C20H28N2O5S.C10H13BrO2.H3N/c1-4-26-17-7-5-6-8-18(17)27-12-11-22-15(2)13-16-9-10-19(25-3)20(14-16)28(21,23)24;1-2-12-9-5-3-4-6-10(9)13-8-7-11;/h5-10,14-15,22H,4,11-13H2,1-3H3,(H2,21,23,24);3-6H,2,7-8H2,1H3;1H3/t15-;;/m1../s1. The van der Waals surface area contributed by atoms with Crippen molar-refractivity contribution in [2.45, 2.75) is 38.1 Å². The van der Waals surface area contributed by atoms with Gasteiger partial charge in [0.25, 0.3) is 0 Å². The van der Waals surface area contributed by atoms with Crippen LogP contribution in [0.1, 0.15) is 26.3 Å². The molecule has 0 aliphatic heterocycles. The molecule has 0 bridgehead atoms. The van der Waals surface area contributed by atoms with Crippen LogP contribution < -0.4 is 40.3 Å². The molecule has 0 amide bonds. The summed E-state index contributed by atoms with van der Waals surface area (Å²) < 4.78 is 50.7. The lowest BCUT2D eigenvalue weighted by molar-refractivity contribution is 0.272. The molecule has 3 rings (SSSR count). The Labute approximate surface area is 258 Å². The first-order valence-corrected chi connectivity index (χ1v) is 16.1. The molecule has 0 fully saturated rings. The van der Waals surface area contributed by atoms with Gasteiger partial charge in [-0.15, -0.1) is 0 Å². The van der Waals surface area contributed by atoms with Gasteiger partial charge in [0.1, 0.15) is 17.3 Å². The van der Waals surface area contributed by atoms with E-state index in [9.17, 15) is 8.42 Å². The first kappa shape index (κ1) is 37.0. The molecule has 0 spiro atoms. The molecule has 0 unspecified atom stereocenters. The fourth-order valence-electron chi connectivity index (χ4n) is 3.80. The van der Waals surface area contributed by atoms with Crippen molar-refractivity contribution in [3.63, 3.8) is 0 Å². The lowest BCUT2D eigenvalue weighted by atomic mass is 10.1. The van der Waals surface area contributed by atoms with Crippen LogP contribution in [0, 0.1) is 0 Å². The molecule has 0 aliphatic carbocycles. The van der Waals surface area contributed by atoms with E-state index in [2.05, 4.69) is 21.2 Å². The number of sulfonamides is 1. The Bertz CT molecular complexity index is 1300. The van der Waals surface area contributed by atoms with Crippen LogP contribution in [0.4, 0.5) is 0 Å². The lowest BCUT2D eigenvalue weighted by Crippen LogP contribution is -2.32. The van der Waals surface area contributed by atoms with Crippen LogP contribution in [0.3, 0.4) is 0 Å². The van der Waals surface area contributed by atoms with Crippen molar-refractivity contribution in [2.75, 3.05) is 45.4 Å². The van der Waals surface area contributed by atoms with Gasteiger partial charge in [0.15, 0.2) is 23.0 Å². The molecule has 0 saturated heterocycles. The first-order valence-electron chi connectivity index (χ1n) is 13.4. The second-order valence-corrected chi connectivity index (χ2v) is 11.1. The molecule has 0 saturated carbocycles. The molecule has 1 atom stereocenters. The van der Waals surface area contributed by atoms with E-state index in [0.717, 1.165) is 28.1 Å². The number of benzene rings is 3. The van der Waals surface area contributed by atoms with Crippen LogP contribution in [-0.2, 0) is 16.4 Å². The molecule has 234 valence electrons. The Morgan fingerprint density at radius 1 is 0.810 bits per heavy atom. The molecule has 42 heavy (non-hydrogen) atoms. The van der Waals surface area contributed by atoms with Crippen LogP contribution >= 0.6 is 15.9 Å². The number of primary sulfonamides is 1. The van der Waals surface area contributed by atoms with E-state index in [1.165, 1.54) is 7.11 Å². The van der Waals surface area contributed by atoms with Crippen molar-refractivity contribution in [3.05, 3.63) is 72.3 Å². The minimum Gasteiger partial charge on any atom is -0.495 e. The Kier molecular flexibility index (Phi) is 17.6.